The molecule has 0 radical (unpaired) electrons. The summed E-state index contributed by atoms with van der Waals surface area (Å²) in [5.41, 5.74) is 8.63. The molecule has 0 unspecified atom stereocenters. The van der Waals surface area contributed by atoms with Gasteiger partial charge in [0.05, 0.1) is 5.92 Å². The third-order valence-electron chi connectivity index (χ3n) is 4.69. The Labute approximate surface area is 141 Å². The Hall–Kier alpha value is -1.08. The van der Waals surface area contributed by atoms with Crippen LogP contribution in [0.15, 0.2) is 12.1 Å². The zero-order valence-corrected chi connectivity index (χ0v) is 14.0. The second-order valence-corrected chi connectivity index (χ2v) is 6.69. The van der Waals surface area contributed by atoms with Gasteiger partial charge in [0.1, 0.15) is 0 Å². The van der Waals surface area contributed by atoms with Crippen molar-refractivity contribution in [3.63, 3.8) is 0 Å². The van der Waals surface area contributed by atoms with Crippen molar-refractivity contribution in [2.24, 2.45) is 11.7 Å². The van der Waals surface area contributed by atoms with Crippen LogP contribution in [0.2, 0.25) is 11.3 Å². The number of halogens is 1. The second kappa shape index (κ2) is 7.66. The number of carboxylic acid groups (broad SMARTS) is 1. The highest BCUT2D eigenvalue weighted by Crippen LogP contribution is 2.43. The number of aliphatic carboxylic acids is 1. The Morgan fingerprint density at radius 2 is 2.17 bits per heavy atom. The van der Waals surface area contributed by atoms with Crippen LogP contribution >= 0.6 is 11.6 Å². The minimum Gasteiger partial charge on any atom is -0.481 e. The van der Waals surface area contributed by atoms with Crippen molar-refractivity contribution in [2.75, 3.05) is 0 Å². The highest BCUT2D eigenvalue weighted by atomic mass is 35.5. The fourth-order valence-corrected chi connectivity index (χ4v) is 3.77. The maximum atomic E-state index is 11.7. The normalized spacial score (nSPS) is 21.1. The Balaban J connectivity index is 2.27. The van der Waals surface area contributed by atoms with E-state index in [1.165, 1.54) is 0 Å². The molecule has 126 valence electrons. The molecule has 2 rings (SSSR count). The molecule has 0 saturated heterocycles. The second-order valence-electron chi connectivity index (χ2n) is 6.28. The molecular weight excluding hydrogens is 316 g/mol. The van der Waals surface area contributed by atoms with Gasteiger partial charge in [-0.05, 0) is 54.3 Å². The van der Waals surface area contributed by atoms with E-state index in [0.29, 0.717) is 24.3 Å². The van der Waals surface area contributed by atoms with Crippen molar-refractivity contribution < 1.29 is 19.9 Å². The van der Waals surface area contributed by atoms with Gasteiger partial charge in [-0.25, -0.2) is 0 Å². The number of benzene rings is 1. The summed E-state index contributed by atoms with van der Waals surface area (Å²) in [5.74, 6) is -1.48. The maximum Gasteiger partial charge on any atom is 0.451 e. The van der Waals surface area contributed by atoms with Crippen molar-refractivity contribution >= 4 is 24.7 Å². The number of carboxylic acids is 1. The molecule has 1 aliphatic carbocycles. The van der Waals surface area contributed by atoms with Crippen molar-refractivity contribution in [3.05, 3.63) is 33.8 Å². The third-order valence-corrected chi connectivity index (χ3v) is 5.02. The summed E-state index contributed by atoms with van der Waals surface area (Å²) in [5, 5.41) is 28.1. The van der Waals surface area contributed by atoms with Gasteiger partial charge in [-0.1, -0.05) is 31.0 Å². The fraction of sp³-hybridized carbons (Fsp3) is 0.562. The molecule has 0 spiro atoms. The summed E-state index contributed by atoms with van der Waals surface area (Å²) in [4.78, 5) is 11.7. The molecule has 5 N–H and O–H groups in total. The molecule has 0 bridgehead atoms. The van der Waals surface area contributed by atoms with Gasteiger partial charge < -0.3 is 20.9 Å². The van der Waals surface area contributed by atoms with Crippen LogP contribution in [0.4, 0.5) is 0 Å². The summed E-state index contributed by atoms with van der Waals surface area (Å²) in [6.45, 7) is 1.96. The molecule has 23 heavy (non-hydrogen) atoms. The zero-order chi connectivity index (χ0) is 17.1. The van der Waals surface area contributed by atoms with E-state index in [1.807, 2.05) is 19.1 Å². The van der Waals surface area contributed by atoms with Crippen LogP contribution in [0.5, 0.6) is 0 Å². The minimum atomic E-state index is -1.34. The van der Waals surface area contributed by atoms with Crippen LogP contribution in [0.1, 0.15) is 54.8 Å². The van der Waals surface area contributed by atoms with Gasteiger partial charge in [0.25, 0.3) is 0 Å². The number of hydrogen-bond acceptors (Lipinski definition) is 4. The highest BCUT2D eigenvalue weighted by molar-refractivity contribution is 6.40. The third kappa shape index (κ3) is 4.07. The molecule has 0 aromatic heterocycles. The lowest BCUT2D eigenvalue weighted by Crippen LogP contribution is -2.19. The monoisotopic (exact) mass is 339 g/mol. The summed E-state index contributed by atoms with van der Waals surface area (Å²) < 4.78 is 0. The van der Waals surface area contributed by atoms with E-state index in [4.69, 9.17) is 27.4 Å². The van der Waals surface area contributed by atoms with Crippen molar-refractivity contribution in [2.45, 2.75) is 50.9 Å². The molecule has 0 amide bonds. The van der Waals surface area contributed by atoms with Crippen LogP contribution in [0.25, 0.3) is 0 Å². The first-order chi connectivity index (χ1) is 10.8. The summed E-state index contributed by atoms with van der Waals surface area (Å²) in [6.07, 6.45) is 2.85. The van der Waals surface area contributed by atoms with Crippen LogP contribution < -0.4 is 5.73 Å². The summed E-state index contributed by atoms with van der Waals surface area (Å²) in [7, 11) is -1.34. The van der Waals surface area contributed by atoms with Gasteiger partial charge in [0, 0.05) is 11.1 Å². The lowest BCUT2D eigenvalue weighted by molar-refractivity contribution is -0.139. The lowest BCUT2D eigenvalue weighted by Gasteiger charge is -2.18. The van der Waals surface area contributed by atoms with E-state index < -0.39 is 19.0 Å². The minimum absolute atomic E-state index is 0.0505. The van der Waals surface area contributed by atoms with Gasteiger partial charge in [-0.3, -0.25) is 4.79 Å². The smallest absolute Gasteiger partial charge is 0.451 e. The SMILES string of the molecule is CC[C@H](N)c1cc2c(cc1Cl)C[C@H](CCCB(O)O)[C@@H]2C(=O)O. The van der Waals surface area contributed by atoms with Crippen molar-refractivity contribution in [3.8, 4) is 0 Å². The Morgan fingerprint density at radius 1 is 1.48 bits per heavy atom. The maximum absolute atomic E-state index is 11.7. The van der Waals surface area contributed by atoms with E-state index in [-0.39, 0.29) is 18.3 Å². The quantitative estimate of drug-likeness (QED) is 0.571. The average molecular weight is 340 g/mol. The number of carbonyl (C=O) groups is 1. The molecular formula is C16H23BClNO4. The number of nitrogens with two attached hydrogens (primary N) is 1. The Morgan fingerprint density at radius 3 is 2.74 bits per heavy atom. The summed E-state index contributed by atoms with van der Waals surface area (Å²) >= 11 is 6.31. The molecule has 0 heterocycles. The largest absolute Gasteiger partial charge is 0.481 e. The van der Waals surface area contributed by atoms with E-state index in [2.05, 4.69) is 0 Å². The molecule has 5 nitrogen and oxygen atoms in total. The molecule has 1 aliphatic rings. The lowest BCUT2D eigenvalue weighted by atomic mass is 9.80. The predicted octanol–water partition coefficient (Wildman–Crippen LogP) is 2.34. The number of hydrogen-bond donors (Lipinski definition) is 4. The number of fused-ring (bicyclic) bond motifs is 1. The van der Waals surface area contributed by atoms with Gasteiger partial charge in [-0.15, -0.1) is 0 Å². The fourth-order valence-electron chi connectivity index (χ4n) is 3.44. The topological polar surface area (TPSA) is 104 Å². The Kier molecular flexibility index (Phi) is 6.09. The first-order valence-electron chi connectivity index (χ1n) is 8.01. The predicted molar refractivity (Wildman–Crippen MR) is 90.5 cm³/mol. The van der Waals surface area contributed by atoms with Crippen LogP contribution in [-0.4, -0.2) is 28.2 Å². The standard InChI is InChI=1S/C16H23BClNO4/c1-2-14(19)12-8-11-10(7-13(12)18)6-9(15(11)16(20)21)4-3-5-17(22)23/h7-9,14-15,22-23H,2-6,19H2,1H3,(H,20,21)/t9-,14-,15-/m0/s1. The van der Waals surface area contributed by atoms with E-state index in [1.54, 1.807) is 0 Å². The van der Waals surface area contributed by atoms with Crippen LogP contribution in [0, 0.1) is 5.92 Å². The molecule has 0 fully saturated rings. The molecule has 3 atom stereocenters. The van der Waals surface area contributed by atoms with Gasteiger partial charge >= 0.3 is 13.1 Å². The van der Waals surface area contributed by atoms with Gasteiger partial charge in [0.2, 0.25) is 0 Å². The van der Waals surface area contributed by atoms with E-state index >= 15 is 0 Å². The highest BCUT2D eigenvalue weighted by Gasteiger charge is 2.38. The average Bonchev–Trinajstić information content (AvgIpc) is 2.82. The first kappa shape index (κ1) is 18.3. The van der Waals surface area contributed by atoms with Crippen LogP contribution in [-0.2, 0) is 11.2 Å². The van der Waals surface area contributed by atoms with Crippen molar-refractivity contribution in [1.29, 1.82) is 0 Å². The molecule has 7 heteroatoms. The molecule has 1 aromatic carbocycles. The number of rotatable bonds is 7. The van der Waals surface area contributed by atoms with E-state index in [0.717, 1.165) is 23.1 Å². The van der Waals surface area contributed by atoms with Crippen LogP contribution in [0.3, 0.4) is 0 Å². The van der Waals surface area contributed by atoms with Gasteiger partial charge in [-0.2, -0.15) is 0 Å². The molecule has 0 aliphatic heterocycles. The van der Waals surface area contributed by atoms with E-state index in [9.17, 15) is 9.90 Å². The Bertz CT molecular complexity index is 581. The zero-order valence-electron chi connectivity index (χ0n) is 13.2. The van der Waals surface area contributed by atoms with Gasteiger partial charge in [0.15, 0.2) is 0 Å². The molecule has 1 aromatic rings. The molecule has 0 saturated carbocycles. The van der Waals surface area contributed by atoms with Crippen molar-refractivity contribution in [1.82, 2.24) is 0 Å². The first-order valence-corrected chi connectivity index (χ1v) is 8.39. The summed E-state index contributed by atoms with van der Waals surface area (Å²) in [6, 6.07) is 3.50.